The Morgan fingerprint density at radius 3 is 2.55 bits per heavy atom. The van der Waals surface area contributed by atoms with Crippen molar-refractivity contribution >= 4 is 22.6 Å². The Morgan fingerprint density at radius 2 is 1.76 bits per heavy atom. The Bertz CT molecular complexity index is 1140. The van der Waals surface area contributed by atoms with Gasteiger partial charge in [0.1, 0.15) is 30.0 Å². The van der Waals surface area contributed by atoms with Crippen LogP contribution in [-0.4, -0.2) is 20.6 Å². The highest BCUT2D eigenvalue weighted by Crippen LogP contribution is 2.24. The number of aromatic nitrogens is 2. The van der Waals surface area contributed by atoms with Crippen LogP contribution in [0.25, 0.3) is 11.0 Å². The molecule has 1 unspecified atom stereocenters. The van der Waals surface area contributed by atoms with E-state index in [-0.39, 0.29) is 12.5 Å². The van der Waals surface area contributed by atoms with Crippen LogP contribution in [0.15, 0.2) is 78.9 Å². The highest BCUT2D eigenvalue weighted by Gasteiger charge is 2.17. The van der Waals surface area contributed by atoms with Crippen molar-refractivity contribution in [3.05, 3.63) is 84.7 Å². The summed E-state index contributed by atoms with van der Waals surface area (Å²) in [6, 6.07) is 24.2. The summed E-state index contributed by atoms with van der Waals surface area (Å²) in [5, 5.41) is 12.9. The SMILES string of the molecule is CC(O)c1nc2ccccc2n1CC(=O)Nc1cccc(Oc2ccccc2)c1. The number of carbonyl (C=O) groups is 1. The van der Waals surface area contributed by atoms with Crippen molar-refractivity contribution in [1.29, 1.82) is 0 Å². The van der Waals surface area contributed by atoms with Crippen LogP contribution >= 0.6 is 0 Å². The van der Waals surface area contributed by atoms with Crippen molar-refractivity contribution < 1.29 is 14.6 Å². The zero-order chi connectivity index (χ0) is 20.2. The van der Waals surface area contributed by atoms with Crippen molar-refractivity contribution in [2.45, 2.75) is 19.6 Å². The van der Waals surface area contributed by atoms with E-state index in [0.717, 1.165) is 16.8 Å². The number of amides is 1. The number of aliphatic hydroxyl groups excluding tert-OH is 1. The van der Waals surface area contributed by atoms with Gasteiger partial charge in [0, 0.05) is 11.8 Å². The number of anilines is 1. The molecule has 1 aromatic heterocycles. The van der Waals surface area contributed by atoms with Crippen LogP contribution < -0.4 is 10.1 Å². The summed E-state index contributed by atoms with van der Waals surface area (Å²) in [7, 11) is 0. The zero-order valence-corrected chi connectivity index (χ0v) is 15.9. The van der Waals surface area contributed by atoms with E-state index >= 15 is 0 Å². The minimum absolute atomic E-state index is 0.0461. The summed E-state index contributed by atoms with van der Waals surface area (Å²) < 4.78 is 7.55. The average molecular weight is 387 g/mol. The van der Waals surface area contributed by atoms with Gasteiger partial charge in [-0.3, -0.25) is 4.79 Å². The van der Waals surface area contributed by atoms with Crippen molar-refractivity contribution in [2.75, 3.05) is 5.32 Å². The summed E-state index contributed by atoms with van der Waals surface area (Å²) in [6.07, 6.45) is -0.780. The monoisotopic (exact) mass is 387 g/mol. The third-order valence-electron chi connectivity index (χ3n) is 4.46. The number of nitrogens with zero attached hydrogens (tertiary/aromatic N) is 2. The number of aliphatic hydroxyl groups is 1. The molecular formula is C23H21N3O3. The normalized spacial score (nSPS) is 11.9. The maximum absolute atomic E-state index is 12.7. The molecule has 6 heteroatoms. The molecule has 1 heterocycles. The zero-order valence-electron chi connectivity index (χ0n) is 15.9. The maximum Gasteiger partial charge on any atom is 0.244 e. The number of para-hydroxylation sites is 3. The van der Waals surface area contributed by atoms with Crippen LogP contribution in [-0.2, 0) is 11.3 Å². The molecule has 0 fully saturated rings. The molecule has 0 aliphatic rings. The number of hydrogen-bond acceptors (Lipinski definition) is 4. The Morgan fingerprint density at radius 1 is 1.03 bits per heavy atom. The lowest BCUT2D eigenvalue weighted by atomic mass is 10.3. The van der Waals surface area contributed by atoms with E-state index in [1.165, 1.54) is 0 Å². The standard InChI is InChI=1S/C23H21N3O3/c1-16(27)23-25-20-12-5-6-13-21(20)26(23)15-22(28)24-17-8-7-11-19(14-17)29-18-9-3-2-4-10-18/h2-14,16,27H,15H2,1H3,(H,24,28). The van der Waals surface area contributed by atoms with E-state index in [1.807, 2.05) is 66.7 Å². The number of nitrogens with one attached hydrogen (secondary N) is 1. The van der Waals surface area contributed by atoms with E-state index in [9.17, 15) is 9.90 Å². The van der Waals surface area contributed by atoms with Gasteiger partial charge in [-0.2, -0.15) is 0 Å². The van der Waals surface area contributed by atoms with Gasteiger partial charge >= 0.3 is 0 Å². The number of ether oxygens (including phenoxy) is 1. The third-order valence-corrected chi connectivity index (χ3v) is 4.46. The number of rotatable bonds is 6. The summed E-state index contributed by atoms with van der Waals surface area (Å²) in [5.41, 5.74) is 2.18. The van der Waals surface area contributed by atoms with Crippen LogP contribution in [0.2, 0.25) is 0 Å². The first-order chi connectivity index (χ1) is 14.1. The maximum atomic E-state index is 12.7. The molecule has 0 saturated carbocycles. The van der Waals surface area contributed by atoms with Crippen LogP contribution in [0, 0.1) is 0 Å². The third kappa shape index (κ3) is 4.28. The molecule has 0 aliphatic carbocycles. The first kappa shape index (κ1) is 18.7. The predicted octanol–water partition coefficient (Wildman–Crippen LogP) is 4.52. The first-order valence-corrected chi connectivity index (χ1v) is 9.36. The van der Waals surface area contributed by atoms with E-state index in [0.29, 0.717) is 17.3 Å². The molecule has 0 bridgehead atoms. The Kier molecular flexibility index (Phi) is 5.27. The van der Waals surface area contributed by atoms with Gasteiger partial charge < -0.3 is 19.7 Å². The molecule has 2 N–H and O–H groups in total. The molecule has 3 aromatic carbocycles. The Labute approximate surface area is 168 Å². The summed E-state index contributed by atoms with van der Waals surface area (Å²) >= 11 is 0. The molecule has 1 atom stereocenters. The first-order valence-electron chi connectivity index (χ1n) is 9.36. The number of imidazole rings is 1. The number of benzene rings is 3. The smallest absolute Gasteiger partial charge is 0.244 e. The topological polar surface area (TPSA) is 76.4 Å². The van der Waals surface area contributed by atoms with Gasteiger partial charge in [-0.15, -0.1) is 0 Å². The fourth-order valence-electron chi connectivity index (χ4n) is 3.19. The van der Waals surface area contributed by atoms with Gasteiger partial charge in [0.15, 0.2) is 0 Å². The van der Waals surface area contributed by atoms with Gasteiger partial charge in [-0.25, -0.2) is 4.98 Å². The molecule has 146 valence electrons. The lowest BCUT2D eigenvalue weighted by Gasteiger charge is -2.12. The van der Waals surface area contributed by atoms with E-state index in [1.54, 1.807) is 23.6 Å². The second kappa shape index (κ2) is 8.16. The minimum Gasteiger partial charge on any atom is -0.457 e. The highest BCUT2D eigenvalue weighted by molar-refractivity contribution is 5.92. The fourth-order valence-corrected chi connectivity index (χ4v) is 3.19. The molecule has 6 nitrogen and oxygen atoms in total. The lowest BCUT2D eigenvalue weighted by molar-refractivity contribution is -0.116. The van der Waals surface area contributed by atoms with Crippen LogP contribution in [0.4, 0.5) is 5.69 Å². The second-order valence-corrected chi connectivity index (χ2v) is 6.71. The quantitative estimate of drug-likeness (QED) is 0.510. The van der Waals surface area contributed by atoms with Crippen LogP contribution in [0.5, 0.6) is 11.5 Å². The number of fused-ring (bicyclic) bond motifs is 1. The van der Waals surface area contributed by atoms with E-state index in [4.69, 9.17) is 4.74 Å². The fraction of sp³-hybridized carbons (Fsp3) is 0.130. The van der Waals surface area contributed by atoms with Crippen LogP contribution in [0.1, 0.15) is 18.9 Å². The minimum atomic E-state index is -0.780. The number of hydrogen-bond donors (Lipinski definition) is 2. The molecule has 4 aromatic rings. The van der Waals surface area contributed by atoms with Gasteiger partial charge in [0.2, 0.25) is 5.91 Å². The summed E-state index contributed by atoms with van der Waals surface area (Å²) in [5.74, 6) is 1.60. The van der Waals surface area contributed by atoms with Gasteiger partial charge in [0.05, 0.1) is 11.0 Å². The lowest BCUT2D eigenvalue weighted by Crippen LogP contribution is -2.20. The Hall–Kier alpha value is -3.64. The molecule has 29 heavy (non-hydrogen) atoms. The molecule has 1 amide bonds. The van der Waals surface area contributed by atoms with E-state index < -0.39 is 6.10 Å². The van der Waals surface area contributed by atoms with Crippen molar-refractivity contribution in [3.8, 4) is 11.5 Å². The molecular weight excluding hydrogens is 366 g/mol. The van der Waals surface area contributed by atoms with Crippen molar-refractivity contribution in [1.82, 2.24) is 9.55 Å². The van der Waals surface area contributed by atoms with E-state index in [2.05, 4.69) is 10.3 Å². The summed E-state index contributed by atoms with van der Waals surface area (Å²) in [4.78, 5) is 17.1. The second-order valence-electron chi connectivity index (χ2n) is 6.71. The molecule has 4 rings (SSSR count). The van der Waals surface area contributed by atoms with Gasteiger partial charge in [0.25, 0.3) is 0 Å². The Balaban J connectivity index is 1.51. The average Bonchev–Trinajstić information content (AvgIpc) is 3.08. The highest BCUT2D eigenvalue weighted by atomic mass is 16.5. The van der Waals surface area contributed by atoms with Gasteiger partial charge in [-0.05, 0) is 43.3 Å². The van der Waals surface area contributed by atoms with Gasteiger partial charge in [-0.1, -0.05) is 36.4 Å². The predicted molar refractivity (Wildman–Crippen MR) is 112 cm³/mol. The van der Waals surface area contributed by atoms with Crippen molar-refractivity contribution in [2.24, 2.45) is 0 Å². The molecule has 0 aliphatic heterocycles. The summed E-state index contributed by atoms with van der Waals surface area (Å²) in [6.45, 7) is 1.69. The molecule has 0 radical (unpaired) electrons. The molecule has 0 saturated heterocycles. The van der Waals surface area contributed by atoms with Crippen LogP contribution in [0.3, 0.4) is 0 Å². The van der Waals surface area contributed by atoms with Crippen molar-refractivity contribution in [3.63, 3.8) is 0 Å². The largest absolute Gasteiger partial charge is 0.457 e. The molecule has 0 spiro atoms. The number of carbonyl (C=O) groups excluding carboxylic acids is 1.